The van der Waals surface area contributed by atoms with Crippen LogP contribution in [-0.4, -0.2) is 16.6 Å². The van der Waals surface area contributed by atoms with Crippen LogP contribution < -0.4 is 15.2 Å². The van der Waals surface area contributed by atoms with Crippen LogP contribution >= 0.6 is 11.6 Å². The maximum absolute atomic E-state index is 14.1. The first-order chi connectivity index (χ1) is 8.58. The number of ether oxygens (including phenoxy) is 2. The third-order valence-corrected chi connectivity index (χ3v) is 3.07. The number of aryl methyl sites for hydroxylation is 1. The lowest BCUT2D eigenvalue weighted by atomic mass is 10.1. The largest absolute Gasteiger partial charge is 0.454 e. The van der Waals surface area contributed by atoms with Crippen molar-refractivity contribution in [3.63, 3.8) is 0 Å². The summed E-state index contributed by atoms with van der Waals surface area (Å²) < 4.78 is 25.9. The van der Waals surface area contributed by atoms with Crippen LogP contribution in [0, 0.1) is 5.82 Å². The molecule has 2 N–H and O–H groups in total. The number of nitrogens with zero attached hydrogens (tertiary/aromatic N) is 2. The van der Waals surface area contributed by atoms with Crippen LogP contribution in [-0.2, 0) is 7.05 Å². The Morgan fingerprint density at radius 3 is 2.89 bits per heavy atom. The van der Waals surface area contributed by atoms with Gasteiger partial charge in [0.25, 0.3) is 0 Å². The summed E-state index contributed by atoms with van der Waals surface area (Å²) in [5.41, 5.74) is 6.30. The quantitative estimate of drug-likeness (QED) is 0.862. The number of nitrogen functional groups attached to an aromatic ring is 1. The van der Waals surface area contributed by atoms with E-state index in [-0.39, 0.29) is 23.1 Å². The monoisotopic (exact) mass is 269 g/mol. The molecule has 0 saturated heterocycles. The molecule has 0 fully saturated rings. The van der Waals surface area contributed by atoms with E-state index in [1.807, 2.05) is 0 Å². The maximum Gasteiger partial charge on any atom is 0.231 e. The van der Waals surface area contributed by atoms with Crippen molar-refractivity contribution in [3.8, 4) is 22.8 Å². The van der Waals surface area contributed by atoms with E-state index in [0.717, 1.165) is 0 Å². The zero-order valence-corrected chi connectivity index (χ0v) is 10.2. The van der Waals surface area contributed by atoms with E-state index in [2.05, 4.69) is 5.10 Å². The zero-order valence-electron chi connectivity index (χ0n) is 9.41. The minimum Gasteiger partial charge on any atom is -0.454 e. The highest BCUT2D eigenvalue weighted by atomic mass is 35.5. The van der Waals surface area contributed by atoms with Crippen molar-refractivity contribution in [2.45, 2.75) is 0 Å². The van der Waals surface area contributed by atoms with Crippen molar-refractivity contribution in [2.24, 2.45) is 7.05 Å². The number of halogens is 2. The molecule has 5 nitrogen and oxygen atoms in total. The summed E-state index contributed by atoms with van der Waals surface area (Å²) in [7, 11) is 1.67. The minimum absolute atomic E-state index is 0.0301. The van der Waals surface area contributed by atoms with E-state index in [0.29, 0.717) is 17.3 Å². The fourth-order valence-corrected chi connectivity index (χ4v) is 2.03. The lowest BCUT2D eigenvalue weighted by Crippen LogP contribution is -1.96. The highest BCUT2D eigenvalue weighted by Crippen LogP contribution is 2.44. The van der Waals surface area contributed by atoms with Gasteiger partial charge in [-0.25, -0.2) is 4.39 Å². The Balaban J connectivity index is 2.21. The molecule has 1 aromatic heterocycles. The number of anilines is 1. The molecule has 1 aromatic carbocycles. The Morgan fingerprint density at radius 1 is 1.44 bits per heavy atom. The van der Waals surface area contributed by atoms with Gasteiger partial charge in [-0.1, -0.05) is 11.6 Å². The third kappa shape index (κ3) is 1.49. The molecule has 3 rings (SSSR count). The lowest BCUT2D eigenvalue weighted by molar-refractivity contribution is 0.174. The van der Waals surface area contributed by atoms with E-state index in [1.165, 1.54) is 10.7 Å². The van der Waals surface area contributed by atoms with Gasteiger partial charge in [-0.3, -0.25) is 4.68 Å². The van der Waals surface area contributed by atoms with Gasteiger partial charge < -0.3 is 15.2 Å². The number of aromatic nitrogens is 2. The number of nitrogens with two attached hydrogens (primary N) is 1. The summed E-state index contributed by atoms with van der Waals surface area (Å²) in [6, 6.07) is 3.07. The summed E-state index contributed by atoms with van der Waals surface area (Å²) in [5, 5.41) is 4.00. The topological polar surface area (TPSA) is 62.3 Å². The van der Waals surface area contributed by atoms with E-state index in [9.17, 15) is 4.39 Å². The van der Waals surface area contributed by atoms with E-state index < -0.39 is 5.82 Å². The number of hydrogen-bond acceptors (Lipinski definition) is 4. The Morgan fingerprint density at radius 2 is 2.22 bits per heavy atom. The van der Waals surface area contributed by atoms with Crippen molar-refractivity contribution in [1.29, 1.82) is 0 Å². The normalized spacial score (nSPS) is 13.1. The third-order valence-electron chi connectivity index (χ3n) is 2.74. The van der Waals surface area contributed by atoms with Crippen molar-refractivity contribution in [3.05, 3.63) is 23.0 Å². The highest BCUT2D eigenvalue weighted by Gasteiger charge is 2.25. The second-order valence-corrected chi connectivity index (χ2v) is 4.24. The number of hydrogen-bond donors (Lipinski definition) is 1. The van der Waals surface area contributed by atoms with Crippen LogP contribution in [0.3, 0.4) is 0 Å². The Hall–Kier alpha value is -1.95. The van der Waals surface area contributed by atoms with Crippen molar-refractivity contribution < 1.29 is 13.9 Å². The molecule has 0 spiro atoms. The maximum atomic E-state index is 14.1. The van der Waals surface area contributed by atoms with Crippen molar-refractivity contribution in [2.75, 3.05) is 12.5 Å². The summed E-state index contributed by atoms with van der Waals surface area (Å²) in [6.07, 6.45) is 0. The van der Waals surface area contributed by atoms with Crippen LogP contribution in [0.25, 0.3) is 11.3 Å². The van der Waals surface area contributed by atoms with Crippen LogP contribution in [0.1, 0.15) is 0 Å². The van der Waals surface area contributed by atoms with E-state index >= 15 is 0 Å². The summed E-state index contributed by atoms with van der Waals surface area (Å²) >= 11 is 5.89. The average Bonchev–Trinajstić information content (AvgIpc) is 2.92. The molecular formula is C11H9ClFN3O2. The predicted molar refractivity (Wildman–Crippen MR) is 64.1 cm³/mol. The van der Waals surface area contributed by atoms with Crippen LogP contribution in [0.4, 0.5) is 10.2 Å². The van der Waals surface area contributed by atoms with Gasteiger partial charge >= 0.3 is 0 Å². The fourth-order valence-electron chi connectivity index (χ4n) is 1.78. The highest BCUT2D eigenvalue weighted by molar-refractivity contribution is 6.32. The lowest BCUT2D eigenvalue weighted by Gasteiger charge is -2.05. The van der Waals surface area contributed by atoms with Gasteiger partial charge in [0.05, 0.1) is 5.69 Å². The standard InChI is InChI=1S/C11H9ClFN3O2/c1-16-8(14)3-6(15-16)5-2-7-11(18-4-17-7)9(12)10(5)13/h2-3H,4,14H2,1H3. The summed E-state index contributed by atoms with van der Waals surface area (Å²) in [5.74, 6) is 0.458. The molecule has 0 bridgehead atoms. The molecule has 94 valence electrons. The van der Waals surface area contributed by atoms with Gasteiger partial charge in [0.1, 0.15) is 10.8 Å². The molecule has 0 atom stereocenters. The molecule has 0 saturated carbocycles. The number of fused-ring (bicyclic) bond motifs is 1. The zero-order chi connectivity index (χ0) is 12.9. The molecule has 1 aliphatic heterocycles. The first kappa shape index (κ1) is 11.2. The van der Waals surface area contributed by atoms with Crippen LogP contribution in [0.15, 0.2) is 12.1 Å². The molecule has 0 aliphatic carbocycles. The van der Waals surface area contributed by atoms with Gasteiger partial charge in [0, 0.05) is 18.7 Å². The molecule has 0 unspecified atom stereocenters. The van der Waals surface area contributed by atoms with Crippen LogP contribution in [0.2, 0.25) is 5.02 Å². The molecule has 0 amide bonds. The first-order valence-corrected chi connectivity index (χ1v) is 5.53. The van der Waals surface area contributed by atoms with Gasteiger partial charge in [0.2, 0.25) is 6.79 Å². The fraction of sp³-hybridized carbons (Fsp3) is 0.182. The Labute approximate surface area is 107 Å². The summed E-state index contributed by atoms with van der Waals surface area (Å²) in [4.78, 5) is 0. The molecule has 0 radical (unpaired) electrons. The molecule has 7 heteroatoms. The van der Waals surface area contributed by atoms with E-state index in [4.69, 9.17) is 26.8 Å². The van der Waals surface area contributed by atoms with Gasteiger partial charge in [0.15, 0.2) is 17.3 Å². The predicted octanol–water partition coefficient (Wildman–Crippen LogP) is 2.19. The molecular weight excluding hydrogens is 261 g/mol. The van der Waals surface area contributed by atoms with Crippen molar-refractivity contribution in [1.82, 2.24) is 9.78 Å². The molecule has 1 aliphatic rings. The number of benzene rings is 1. The van der Waals surface area contributed by atoms with E-state index in [1.54, 1.807) is 13.1 Å². The van der Waals surface area contributed by atoms with Gasteiger partial charge in [-0.2, -0.15) is 5.10 Å². The summed E-state index contributed by atoms with van der Waals surface area (Å²) in [6.45, 7) is 0.0301. The second kappa shape index (κ2) is 3.78. The minimum atomic E-state index is -0.598. The Bertz CT molecular complexity index is 622. The number of rotatable bonds is 1. The first-order valence-electron chi connectivity index (χ1n) is 5.15. The SMILES string of the molecule is Cn1nc(-c2cc3c(c(Cl)c2F)OCO3)cc1N. The molecule has 2 aromatic rings. The molecule has 2 heterocycles. The van der Waals surface area contributed by atoms with Gasteiger partial charge in [-0.05, 0) is 6.07 Å². The van der Waals surface area contributed by atoms with Gasteiger partial charge in [-0.15, -0.1) is 0 Å². The smallest absolute Gasteiger partial charge is 0.231 e. The second-order valence-electron chi connectivity index (χ2n) is 3.86. The molecule has 18 heavy (non-hydrogen) atoms. The Kier molecular flexibility index (Phi) is 2.34. The average molecular weight is 270 g/mol. The van der Waals surface area contributed by atoms with Crippen LogP contribution in [0.5, 0.6) is 11.5 Å². The van der Waals surface area contributed by atoms with Crippen molar-refractivity contribution >= 4 is 17.4 Å².